The Hall–Kier alpha value is -2.33. The van der Waals surface area contributed by atoms with E-state index < -0.39 is 5.97 Å². The Balaban J connectivity index is 1.59. The summed E-state index contributed by atoms with van der Waals surface area (Å²) in [6, 6.07) is 14.2. The van der Waals surface area contributed by atoms with Crippen molar-refractivity contribution >= 4 is 16.7 Å². The fourth-order valence-corrected chi connectivity index (χ4v) is 2.76. The standard InChI is InChI=1S/C18H19NO3/c20-18(21)15-7-4-10-19(13-15)11-12-22-17-9-3-6-14-5-1-2-8-16(14)17/h1-3,5-9H,4,10-13H2,(H,20,21). The highest BCUT2D eigenvalue weighted by Gasteiger charge is 2.17. The number of nitrogens with zero attached hydrogens (tertiary/aromatic N) is 1. The first-order valence-corrected chi connectivity index (χ1v) is 7.49. The molecule has 1 heterocycles. The first-order chi connectivity index (χ1) is 10.7. The van der Waals surface area contributed by atoms with Crippen LogP contribution in [0, 0.1) is 0 Å². The summed E-state index contributed by atoms with van der Waals surface area (Å²) in [5.74, 6) is 0.0591. The van der Waals surface area contributed by atoms with Crippen molar-refractivity contribution in [2.75, 3.05) is 26.2 Å². The zero-order valence-electron chi connectivity index (χ0n) is 12.4. The topological polar surface area (TPSA) is 49.8 Å². The zero-order chi connectivity index (χ0) is 15.4. The van der Waals surface area contributed by atoms with Crippen molar-refractivity contribution < 1.29 is 14.6 Å². The number of rotatable bonds is 5. The lowest BCUT2D eigenvalue weighted by Crippen LogP contribution is -2.35. The summed E-state index contributed by atoms with van der Waals surface area (Å²) in [5, 5.41) is 11.3. The summed E-state index contributed by atoms with van der Waals surface area (Å²) in [6.45, 7) is 2.67. The average molecular weight is 297 g/mol. The smallest absolute Gasteiger partial charge is 0.332 e. The Bertz CT molecular complexity index is 703. The van der Waals surface area contributed by atoms with Gasteiger partial charge in [-0.2, -0.15) is 0 Å². The van der Waals surface area contributed by atoms with Gasteiger partial charge in [0.05, 0.1) is 0 Å². The predicted molar refractivity (Wildman–Crippen MR) is 86.2 cm³/mol. The summed E-state index contributed by atoms with van der Waals surface area (Å²) in [5.41, 5.74) is 0.483. The van der Waals surface area contributed by atoms with E-state index in [1.807, 2.05) is 30.3 Å². The fraction of sp³-hybridized carbons (Fsp3) is 0.278. The Morgan fingerprint density at radius 3 is 2.86 bits per heavy atom. The van der Waals surface area contributed by atoms with Gasteiger partial charge in [0.1, 0.15) is 12.4 Å². The Kier molecular flexibility index (Phi) is 4.39. The number of ether oxygens (including phenoxy) is 1. The molecule has 1 aliphatic rings. The third-order valence-electron chi connectivity index (χ3n) is 3.92. The second-order valence-electron chi connectivity index (χ2n) is 5.43. The summed E-state index contributed by atoms with van der Waals surface area (Å²) in [6.07, 6.45) is 2.60. The molecule has 0 saturated carbocycles. The van der Waals surface area contributed by atoms with Gasteiger partial charge in [-0.1, -0.05) is 42.5 Å². The van der Waals surface area contributed by atoms with Crippen molar-refractivity contribution in [3.05, 3.63) is 54.1 Å². The largest absolute Gasteiger partial charge is 0.492 e. The molecule has 0 bridgehead atoms. The Morgan fingerprint density at radius 1 is 1.18 bits per heavy atom. The van der Waals surface area contributed by atoms with Gasteiger partial charge in [-0.05, 0) is 17.9 Å². The molecular formula is C18H19NO3. The lowest BCUT2D eigenvalue weighted by Gasteiger charge is -2.25. The number of carbonyl (C=O) groups is 1. The lowest BCUT2D eigenvalue weighted by atomic mass is 10.1. The number of carboxylic acid groups (broad SMARTS) is 1. The van der Waals surface area contributed by atoms with Crippen LogP contribution in [-0.4, -0.2) is 42.2 Å². The van der Waals surface area contributed by atoms with E-state index in [1.165, 1.54) is 0 Å². The van der Waals surface area contributed by atoms with Crippen LogP contribution < -0.4 is 4.74 Å². The zero-order valence-corrected chi connectivity index (χ0v) is 12.4. The molecule has 4 nitrogen and oxygen atoms in total. The Labute approximate surface area is 129 Å². The van der Waals surface area contributed by atoms with Crippen molar-refractivity contribution in [1.82, 2.24) is 4.90 Å². The van der Waals surface area contributed by atoms with Crippen LogP contribution in [0.4, 0.5) is 0 Å². The number of aliphatic carboxylic acids is 1. The van der Waals surface area contributed by atoms with Crippen LogP contribution in [0.25, 0.3) is 10.8 Å². The molecule has 0 amide bonds. The minimum atomic E-state index is -0.820. The molecule has 4 heteroatoms. The van der Waals surface area contributed by atoms with E-state index in [1.54, 1.807) is 0 Å². The predicted octanol–water partition coefficient (Wildman–Crippen LogP) is 2.94. The molecule has 1 aliphatic heterocycles. The maximum absolute atomic E-state index is 11.0. The first-order valence-electron chi connectivity index (χ1n) is 7.49. The molecule has 2 aromatic rings. The van der Waals surface area contributed by atoms with Crippen molar-refractivity contribution in [1.29, 1.82) is 0 Å². The van der Waals surface area contributed by atoms with Crippen LogP contribution in [0.5, 0.6) is 5.75 Å². The SMILES string of the molecule is O=C(O)C1=CCCN(CCOc2cccc3ccccc23)C1. The molecule has 2 aromatic carbocycles. The molecule has 0 atom stereocenters. The highest BCUT2D eigenvalue weighted by atomic mass is 16.5. The van der Waals surface area contributed by atoms with Gasteiger partial charge in [-0.25, -0.2) is 4.79 Å². The third kappa shape index (κ3) is 3.28. The third-order valence-corrected chi connectivity index (χ3v) is 3.92. The summed E-state index contributed by atoms with van der Waals surface area (Å²) in [7, 11) is 0. The summed E-state index contributed by atoms with van der Waals surface area (Å²) in [4.78, 5) is 13.1. The number of benzene rings is 2. The van der Waals surface area contributed by atoms with Crippen molar-refractivity contribution in [2.45, 2.75) is 6.42 Å². The number of hydrogen-bond acceptors (Lipinski definition) is 3. The van der Waals surface area contributed by atoms with E-state index in [2.05, 4.69) is 23.1 Å². The fourth-order valence-electron chi connectivity index (χ4n) is 2.76. The van der Waals surface area contributed by atoms with E-state index in [-0.39, 0.29) is 0 Å². The van der Waals surface area contributed by atoms with Gasteiger partial charge in [-0.15, -0.1) is 0 Å². The van der Waals surface area contributed by atoms with Gasteiger partial charge in [0.25, 0.3) is 0 Å². The molecule has 0 aromatic heterocycles. The van der Waals surface area contributed by atoms with Gasteiger partial charge in [0, 0.05) is 30.6 Å². The molecule has 0 aliphatic carbocycles. The quantitative estimate of drug-likeness (QED) is 0.922. The number of fused-ring (bicyclic) bond motifs is 1. The number of carboxylic acids is 1. The van der Waals surface area contributed by atoms with Crippen LogP contribution in [-0.2, 0) is 4.79 Å². The van der Waals surface area contributed by atoms with Gasteiger partial charge >= 0.3 is 5.97 Å². The van der Waals surface area contributed by atoms with E-state index in [4.69, 9.17) is 9.84 Å². The highest BCUT2D eigenvalue weighted by Crippen LogP contribution is 2.25. The van der Waals surface area contributed by atoms with E-state index in [0.717, 1.165) is 36.0 Å². The van der Waals surface area contributed by atoms with Crippen LogP contribution in [0.3, 0.4) is 0 Å². The van der Waals surface area contributed by atoms with Crippen LogP contribution in [0.2, 0.25) is 0 Å². The van der Waals surface area contributed by atoms with Crippen LogP contribution >= 0.6 is 0 Å². The van der Waals surface area contributed by atoms with Crippen molar-refractivity contribution in [3.63, 3.8) is 0 Å². The Morgan fingerprint density at radius 2 is 2.00 bits per heavy atom. The van der Waals surface area contributed by atoms with Gasteiger partial charge in [-0.3, -0.25) is 4.90 Å². The molecule has 1 N–H and O–H groups in total. The normalized spacial score (nSPS) is 15.5. The molecule has 0 fully saturated rings. The van der Waals surface area contributed by atoms with E-state index in [9.17, 15) is 4.79 Å². The van der Waals surface area contributed by atoms with E-state index in [0.29, 0.717) is 18.7 Å². The minimum absolute atomic E-state index is 0.483. The molecule has 22 heavy (non-hydrogen) atoms. The molecule has 0 radical (unpaired) electrons. The molecule has 114 valence electrons. The second kappa shape index (κ2) is 6.62. The molecule has 0 unspecified atom stereocenters. The van der Waals surface area contributed by atoms with Gasteiger partial charge in [0.2, 0.25) is 0 Å². The average Bonchev–Trinajstić information content (AvgIpc) is 2.55. The van der Waals surface area contributed by atoms with Crippen molar-refractivity contribution in [2.24, 2.45) is 0 Å². The summed E-state index contributed by atoms with van der Waals surface area (Å²) < 4.78 is 5.91. The van der Waals surface area contributed by atoms with Gasteiger partial charge in [0.15, 0.2) is 0 Å². The van der Waals surface area contributed by atoms with E-state index >= 15 is 0 Å². The van der Waals surface area contributed by atoms with Crippen LogP contribution in [0.15, 0.2) is 54.1 Å². The van der Waals surface area contributed by atoms with Crippen molar-refractivity contribution in [3.8, 4) is 5.75 Å². The second-order valence-corrected chi connectivity index (χ2v) is 5.43. The van der Waals surface area contributed by atoms with Gasteiger partial charge < -0.3 is 9.84 Å². The summed E-state index contributed by atoms with van der Waals surface area (Å²) >= 11 is 0. The minimum Gasteiger partial charge on any atom is -0.492 e. The maximum atomic E-state index is 11.0. The molecule has 3 rings (SSSR count). The first kappa shape index (κ1) is 14.6. The number of hydrogen-bond donors (Lipinski definition) is 1. The molecular weight excluding hydrogens is 278 g/mol. The molecule has 0 spiro atoms. The van der Waals surface area contributed by atoms with Crippen LogP contribution in [0.1, 0.15) is 6.42 Å². The molecule has 0 saturated heterocycles. The lowest BCUT2D eigenvalue weighted by molar-refractivity contribution is -0.133. The monoisotopic (exact) mass is 297 g/mol. The maximum Gasteiger partial charge on any atom is 0.332 e. The highest BCUT2D eigenvalue weighted by molar-refractivity contribution is 5.88.